The highest BCUT2D eigenvalue weighted by Gasteiger charge is 2.44. The molecule has 4 aromatic rings. The third-order valence-corrected chi connectivity index (χ3v) is 6.59. The third-order valence-electron chi connectivity index (χ3n) is 6.59. The summed E-state index contributed by atoms with van der Waals surface area (Å²) in [7, 11) is 1.55. The fourth-order valence-electron chi connectivity index (χ4n) is 4.65. The van der Waals surface area contributed by atoms with Gasteiger partial charge in [0.15, 0.2) is 16.9 Å². The lowest BCUT2D eigenvalue weighted by Crippen LogP contribution is -2.29. The summed E-state index contributed by atoms with van der Waals surface area (Å²) in [6, 6.07) is 15.5. The molecule has 5 rings (SSSR count). The first-order valence-corrected chi connectivity index (χ1v) is 12.3. The Kier molecular flexibility index (Phi) is 6.46. The van der Waals surface area contributed by atoms with E-state index in [0.717, 1.165) is 12.0 Å². The topological polar surface area (TPSA) is 69.0 Å². The molecule has 0 spiro atoms. The second-order valence-electron chi connectivity index (χ2n) is 9.67. The number of halogens is 1. The molecule has 0 radical (unpaired) electrons. The second-order valence-corrected chi connectivity index (χ2v) is 9.67. The van der Waals surface area contributed by atoms with E-state index < -0.39 is 17.8 Å². The first kappa shape index (κ1) is 24.6. The largest absolute Gasteiger partial charge is 0.493 e. The summed E-state index contributed by atoms with van der Waals surface area (Å²) in [5.41, 5.74) is 2.29. The van der Waals surface area contributed by atoms with Crippen LogP contribution in [-0.4, -0.2) is 19.6 Å². The summed E-state index contributed by atoms with van der Waals surface area (Å²) in [5.74, 6) is 0.639. The fraction of sp³-hybridized carbons (Fsp3) is 0.267. The molecule has 0 fully saturated rings. The lowest BCUT2D eigenvalue weighted by Gasteiger charge is -2.26. The molecular formula is C30H28FNO5. The summed E-state index contributed by atoms with van der Waals surface area (Å²) in [6.07, 6.45) is 0.890. The quantitative estimate of drug-likeness (QED) is 0.292. The summed E-state index contributed by atoms with van der Waals surface area (Å²) in [4.78, 5) is 29.0. The molecule has 1 amide bonds. The molecule has 0 saturated carbocycles. The highest BCUT2D eigenvalue weighted by atomic mass is 19.1. The molecule has 0 bridgehead atoms. The van der Waals surface area contributed by atoms with E-state index in [-0.39, 0.29) is 16.8 Å². The number of hydrogen-bond acceptors (Lipinski definition) is 5. The Morgan fingerprint density at radius 2 is 1.76 bits per heavy atom. The minimum Gasteiger partial charge on any atom is -0.493 e. The van der Waals surface area contributed by atoms with Gasteiger partial charge >= 0.3 is 0 Å². The van der Waals surface area contributed by atoms with Crippen molar-refractivity contribution >= 4 is 22.6 Å². The lowest BCUT2D eigenvalue weighted by molar-refractivity contribution is 0.0971. The minimum absolute atomic E-state index is 0.0214. The van der Waals surface area contributed by atoms with Crippen LogP contribution in [0.3, 0.4) is 0 Å². The first-order valence-electron chi connectivity index (χ1n) is 12.3. The van der Waals surface area contributed by atoms with Crippen molar-refractivity contribution in [1.29, 1.82) is 0 Å². The van der Waals surface area contributed by atoms with E-state index in [0.29, 0.717) is 46.2 Å². The molecule has 1 aromatic heterocycles. The van der Waals surface area contributed by atoms with Crippen LogP contribution in [0.2, 0.25) is 0 Å². The van der Waals surface area contributed by atoms with E-state index in [1.165, 1.54) is 29.2 Å². The number of aryl methyl sites for hydroxylation is 1. The number of benzene rings is 3. The van der Waals surface area contributed by atoms with Crippen molar-refractivity contribution in [3.63, 3.8) is 0 Å². The number of rotatable bonds is 7. The molecule has 1 atom stereocenters. The summed E-state index contributed by atoms with van der Waals surface area (Å²) in [6.45, 7) is 6.68. The maximum atomic E-state index is 13.8. The van der Waals surface area contributed by atoms with Crippen LogP contribution in [-0.2, 0) is 0 Å². The number of ether oxygens (including phenoxy) is 2. The zero-order chi connectivity index (χ0) is 26.3. The Bertz CT molecular complexity index is 1540. The fourth-order valence-corrected chi connectivity index (χ4v) is 4.65. The summed E-state index contributed by atoms with van der Waals surface area (Å²) in [5, 5.41) is 0.401. The van der Waals surface area contributed by atoms with E-state index in [2.05, 4.69) is 13.8 Å². The van der Waals surface area contributed by atoms with Gasteiger partial charge in [-0.15, -0.1) is 0 Å². The van der Waals surface area contributed by atoms with Gasteiger partial charge in [0.05, 0.1) is 30.7 Å². The second kappa shape index (κ2) is 9.73. The van der Waals surface area contributed by atoms with Crippen LogP contribution in [0.4, 0.5) is 10.1 Å². The van der Waals surface area contributed by atoms with Crippen LogP contribution in [0.5, 0.6) is 11.5 Å². The van der Waals surface area contributed by atoms with Crippen LogP contribution in [0.15, 0.2) is 69.9 Å². The van der Waals surface area contributed by atoms with Crippen molar-refractivity contribution in [3.8, 4) is 11.5 Å². The number of carbonyl (C=O) groups is 1. The summed E-state index contributed by atoms with van der Waals surface area (Å²) >= 11 is 0. The van der Waals surface area contributed by atoms with Crippen LogP contribution in [0.1, 0.15) is 53.6 Å². The van der Waals surface area contributed by atoms with Gasteiger partial charge in [0.1, 0.15) is 11.4 Å². The molecule has 0 aliphatic carbocycles. The van der Waals surface area contributed by atoms with Crippen LogP contribution in [0.25, 0.3) is 11.0 Å². The van der Waals surface area contributed by atoms with Crippen molar-refractivity contribution < 1.29 is 23.1 Å². The number of anilines is 1. The molecule has 1 aliphatic heterocycles. The molecule has 1 aliphatic rings. The molecule has 2 heterocycles. The van der Waals surface area contributed by atoms with E-state index in [1.54, 1.807) is 31.4 Å². The molecule has 0 N–H and O–H groups in total. The van der Waals surface area contributed by atoms with Crippen molar-refractivity contribution in [3.05, 3.63) is 99.2 Å². The van der Waals surface area contributed by atoms with Gasteiger partial charge in [-0.25, -0.2) is 4.39 Å². The molecule has 0 saturated heterocycles. The van der Waals surface area contributed by atoms with Gasteiger partial charge in [0.25, 0.3) is 5.91 Å². The maximum absolute atomic E-state index is 13.8. The molecule has 190 valence electrons. The van der Waals surface area contributed by atoms with E-state index in [4.69, 9.17) is 13.9 Å². The van der Waals surface area contributed by atoms with Crippen LogP contribution >= 0.6 is 0 Å². The van der Waals surface area contributed by atoms with Gasteiger partial charge in [-0.05, 0) is 73.4 Å². The minimum atomic E-state index is -0.798. The number of nitrogens with zero attached hydrogens (tertiary/aromatic N) is 1. The van der Waals surface area contributed by atoms with Gasteiger partial charge in [-0.2, -0.15) is 0 Å². The normalized spacial score (nSPS) is 14.9. The Morgan fingerprint density at radius 3 is 2.46 bits per heavy atom. The lowest BCUT2D eigenvalue weighted by atomic mass is 9.97. The average molecular weight is 502 g/mol. The SMILES string of the molecule is COc1cc(C2c3c(oc4ccc(C)cc4c3=O)C(=O)N2c2ccc(F)cc2)ccc1OCCC(C)C. The van der Waals surface area contributed by atoms with E-state index in [9.17, 15) is 14.0 Å². The van der Waals surface area contributed by atoms with Gasteiger partial charge in [0, 0.05) is 5.69 Å². The highest BCUT2D eigenvalue weighted by molar-refractivity contribution is 6.10. The highest BCUT2D eigenvalue weighted by Crippen LogP contribution is 2.43. The zero-order valence-corrected chi connectivity index (χ0v) is 21.2. The Hall–Kier alpha value is -4.13. The third kappa shape index (κ3) is 4.46. The molecule has 6 nitrogen and oxygen atoms in total. The number of fused-ring (bicyclic) bond motifs is 2. The van der Waals surface area contributed by atoms with Crippen molar-refractivity contribution in [1.82, 2.24) is 0 Å². The Labute approximate surface area is 214 Å². The molecular weight excluding hydrogens is 473 g/mol. The summed E-state index contributed by atoms with van der Waals surface area (Å²) < 4.78 is 31.3. The number of amides is 1. The Morgan fingerprint density at radius 1 is 1.00 bits per heavy atom. The van der Waals surface area contributed by atoms with Gasteiger partial charge in [0.2, 0.25) is 5.76 Å². The predicted molar refractivity (Wildman–Crippen MR) is 140 cm³/mol. The standard InChI is InChI=1S/C30H28FNO5/c1-17(2)13-14-36-24-12-6-19(16-25(24)35-4)27-26-28(33)22-15-18(3)5-11-23(22)37-29(26)30(34)32(27)21-9-7-20(31)8-10-21/h5-12,15-17,27H,13-14H2,1-4H3. The predicted octanol–water partition coefficient (Wildman–Crippen LogP) is 6.42. The van der Waals surface area contributed by atoms with Crippen molar-refractivity contribution in [2.75, 3.05) is 18.6 Å². The molecule has 37 heavy (non-hydrogen) atoms. The molecule has 1 unspecified atom stereocenters. The van der Waals surface area contributed by atoms with Gasteiger partial charge in [-0.3, -0.25) is 14.5 Å². The van der Waals surface area contributed by atoms with Crippen molar-refractivity contribution in [2.24, 2.45) is 5.92 Å². The van der Waals surface area contributed by atoms with Gasteiger partial charge in [-0.1, -0.05) is 31.5 Å². The van der Waals surface area contributed by atoms with Gasteiger partial charge < -0.3 is 13.9 Å². The maximum Gasteiger partial charge on any atom is 0.295 e. The van der Waals surface area contributed by atoms with E-state index in [1.807, 2.05) is 19.1 Å². The number of methoxy groups -OCH3 is 1. The monoisotopic (exact) mass is 501 g/mol. The number of hydrogen-bond donors (Lipinski definition) is 0. The average Bonchev–Trinajstić information content (AvgIpc) is 3.17. The molecule has 7 heteroatoms. The first-order chi connectivity index (χ1) is 17.8. The van der Waals surface area contributed by atoms with Crippen LogP contribution < -0.4 is 19.8 Å². The van der Waals surface area contributed by atoms with Crippen molar-refractivity contribution in [2.45, 2.75) is 33.2 Å². The zero-order valence-electron chi connectivity index (χ0n) is 21.2. The number of carbonyl (C=O) groups excluding carboxylic acids is 1. The Balaban J connectivity index is 1.68. The van der Waals surface area contributed by atoms with E-state index >= 15 is 0 Å². The molecule has 3 aromatic carbocycles. The van der Waals surface area contributed by atoms with Crippen LogP contribution in [0, 0.1) is 18.7 Å². The smallest absolute Gasteiger partial charge is 0.295 e.